The smallest absolute Gasteiger partial charge is 0.329 e. The van der Waals surface area contributed by atoms with E-state index in [4.69, 9.17) is 9.47 Å². The Hall–Kier alpha value is -4.47. The Morgan fingerprint density at radius 1 is 0.961 bits per heavy atom. The number of carbonyl (C=O) groups is 2. The second kappa shape index (κ2) is 15.0. The lowest BCUT2D eigenvalue weighted by Crippen LogP contribution is -2.58. The number of thioether (sulfide) groups is 1. The van der Waals surface area contributed by atoms with E-state index in [2.05, 4.69) is 20.6 Å². The largest absolute Gasteiger partial charge is 0.480 e. The molecule has 6 rings (SSSR count). The molecule has 1 amide bonds. The highest BCUT2D eigenvalue weighted by Crippen LogP contribution is 2.42. The van der Waals surface area contributed by atoms with Crippen LogP contribution in [0.3, 0.4) is 0 Å². The number of carbonyl (C=O) groups excluding carboxylic acids is 1. The number of benzene rings is 2. The summed E-state index contributed by atoms with van der Waals surface area (Å²) in [4.78, 5) is 25.7. The molecule has 0 spiro atoms. The molecule has 51 heavy (non-hydrogen) atoms. The van der Waals surface area contributed by atoms with Gasteiger partial charge in [0.2, 0.25) is 5.91 Å². The van der Waals surface area contributed by atoms with Crippen molar-refractivity contribution < 1.29 is 57.1 Å². The van der Waals surface area contributed by atoms with Crippen LogP contribution in [0.4, 0.5) is 17.6 Å². The number of nitrogens with zero attached hydrogens (tertiary/aromatic N) is 7. The summed E-state index contributed by atoms with van der Waals surface area (Å²) in [7, 11) is 0. The van der Waals surface area contributed by atoms with Gasteiger partial charge in [-0.1, -0.05) is 22.6 Å². The number of aromatic nitrogens is 6. The van der Waals surface area contributed by atoms with Crippen molar-refractivity contribution in [3.8, 4) is 22.5 Å². The molecule has 2 aromatic heterocycles. The van der Waals surface area contributed by atoms with Gasteiger partial charge in [-0.05, 0) is 24.3 Å². The van der Waals surface area contributed by atoms with Gasteiger partial charge in [0.1, 0.15) is 53.6 Å². The van der Waals surface area contributed by atoms with Gasteiger partial charge in [-0.2, -0.15) is 0 Å². The van der Waals surface area contributed by atoms with E-state index in [1.165, 1.54) is 47.1 Å². The second-order valence-electron chi connectivity index (χ2n) is 12.0. The Morgan fingerprint density at radius 3 is 2.27 bits per heavy atom. The zero-order valence-electron chi connectivity index (χ0n) is 26.5. The van der Waals surface area contributed by atoms with Crippen molar-refractivity contribution in [3.63, 3.8) is 0 Å². The number of piperidine rings is 1. The third kappa shape index (κ3) is 7.60. The van der Waals surface area contributed by atoms with Crippen molar-refractivity contribution in [2.75, 3.05) is 26.3 Å². The van der Waals surface area contributed by atoms with Crippen LogP contribution in [-0.4, -0.2) is 129 Å². The minimum atomic E-state index is -1.69. The second-order valence-corrected chi connectivity index (χ2v) is 13.3. The van der Waals surface area contributed by atoms with E-state index in [9.17, 15) is 47.6 Å². The Morgan fingerprint density at radius 2 is 1.63 bits per heavy atom. The topological polar surface area (TPSA) is 198 Å². The summed E-state index contributed by atoms with van der Waals surface area (Å²) >= 11 is 0.943. The summed E-state index contributed by atoms with van der Waals surface area (Å²) in [6.07, 6.45) is -2.85. The van der Waals surface area contributed by atoms with Gasteiger partial charge in [0.05, 0.1) is 36.4 Å². The molecule has 8 unspecified atom stereocenters. The van der Waals surface area contributed by atoms with Gasteiger partial charge in [-0.15, -0.1) is 22.0 Å². The number of carboxylic acids is 1. The van der Waals surface area contributed by atoms with E-state index in [1.54, 1.807) is 6.07 Å². The Balaban J connectivity index is 1.32. The number of aliphatic carboxylic acids is 1. The first-order valence-electron chi connectivity index (χ1n) is 15.5. The molecule has 2 fully saturated rings. The predicted octanol–water partition coefficient (Wildman–Crippen LogP) is 1.42. The molecule has 0 saturated carbocycles. The van der Waals surface area contributed by atoms with Gasteiger partial charge < -0.3 is 34.8 Å². The maximum absolute atomic E-state index is 14.0. The fraction of sp³-hybridized carbons (Fsp3) is 0.419. The molecule has 4 aromatic rings. The van der Waals surface area contributed by atoms with Crippen molar-refractivity contribution >= 4 is 23.6 Å². The summed E-state index contributed by atoms with van der Waals surface area (Å²) in [5.41, 5.74) is -0.818. The molecule has 2 aromatic carbocycles. The summed E-state index contributed by atoms with van der Waals surface area (Å²) in [6, 6.07) is 4.87. The Kier molecular flexibility index (Phi) is 10.7. The summed E-state index contributed by atoms with van der Waals surface area (Å²) in [5.74, 6) is -6.86. The van der Waals surface area contributed by atoms with E-state index in [1.807, 2.05) is 0 Å². The highest BCUT2D eigenvalue weighted by molar-refractivity contribution is 8.00. The van der Waals surface area contributed by atoms with E-state index >= 15 is 0 Å². The molecule has 0 aliphatic carbocycles. The number of hydrogen-bond acceptors (Lipinski definition) is 12. The lowest BCUT2D eigenvalue weighted by atomic mass is 9.97. The number of carboxylic acid groups (broad SMARTS) is 1. The van der Waals surface area contributed by atoms with Crippen molar-refractivity contribution in [1.29, 1.82) is 0 Å². The van der Waals surface area contributed by atoms with Crippen LogP contribution < -0.4 is 0 Å². The number of hydrogen-bond donors (Lipinski definition) is 4. The quantitative estimate of drug-likeness (QED) is 0.135. The first-order valence-corrected chi connectivity index (χ1v) is 16.4. The van der Waals surface area contributed by atoms with Crippen LogP contribution in [0.5, 0.6) is 0 Å². The molecule has 2 saturated heterocycles. The highest BCUT2D eigenvalue weighted by atomic mass is 32.2. The van der Waals surface area contributed by atoms with Crippen LogP contribution in [0.2, 0.25) is 0 Å². The number of amides is 1. The number of ether oxygens (including phenoxy) is 2. The molecule has 15 nitrogen and oxygen atoms in total. The van der Waals surface area contributed by atoms with E-state index in [0.717, 1.165) is 16.4 Å². The lowest BCUT2D eigenvalue weighted by Gasteiger charge is -2.46. The minimum Gasteiger partial charge on any atom is -0.480 e. The Labute approximate surface area is 290 Å². The molecular weight excluding hydrogens is 706 g/mol. The van der Waals surface area contributed by atoms with Gasteiger partial charge in [-0.3, -0.25) is 4.79 Å². The Bertz CT molecular complexity index is 1880. The zero-order valence-corrected chi connectivity index (χ0v) is 27.4. The number of aliphatic hydroxyl groups is 3. The SMILES string of the molecule is CC(=O)N1CC(SC2OC(CO)C(O)C(n3cc(-c4cc(F)c(F)c(F)c4)nn3)C2OCC(=O)O)C(O)C(n2cc(-c3cccc(F)c3)nn2)C1. The molecule has 2 aliphatic heterocycles. The van der Waals surface area contributed by atoms with Crippen LogP contribution in [0.1, 0.15) is 19.0 Å². The fourth-order valence-corrected chi connectivity index (χ4v) is 7.62. The van der Waals surface area contributed by atoms with Crippen LogP contribution >= 0.6 is 11.8 Å². The normalized spacial score (nSPS) is 26.7. The fourth-order valence-electron chi connectivity index (χ4n) is 6.07. The molecule has 0 bridgehead atoms. The van der Waals surface area contributed by atoms with Crippen LogP contribution in [0.15, 0.2) is 48.8 Å². The van der Waals surface area contributed by atoms with Crippen LogP contribution in [0.25, 0.3) is 22.5 Å². The summed E-state index contributed by atoms with van der Waals surface area (Å²) in [5, 5.41) is 57.8. The van der Waals surface area contributed by atoms with Gasteiger partial charge in [0.25, 0.3) is 0 Å². The number of halogens is 4. The third-order valence-corrected chi connectivity index (χ3v) is 10.1. The van der Waals surface area contributed by atoms with E-state index < -0.39 is 89.6 Å². The molecule has 4 N–H and O–H groups in total. The van der Waals surface area contributed by atoms with Gasteiger partial charge in [0, 0.05) is 31.1 Å². The molecule has 8 atom stereocenters. The van der Waals surface area contributed by atoms with Crippen LogP contribution in [-0.2, 0) is 19.1 Å². The number of rotatable bonds is 10. The molecular formula is C31H31F4N7O8S. The predicted molar refractivity (Wildman–Crippen MR) is 168 cm³/mol. The summed E-state index contributed by atoms with van der Waals surface area (Å²) in [6.45, 7) is -0.266. The molecule has 2 aliphatic rings. The maximum atomic E-state index is 14.0. The summed E-state index contributed by atoms with van der Waals surface area (Å²) < 4.78 is 69.6. The van der Waals surface area contributed by atoms with Crippen molar-refractivity contribution in [2.24, 2.45) is 0 Å². The van der Waals surface area contributed by atoms with Gasteiger partial charge in [-0.25, -0.2) is 31.7 Å². The molecule has 4 heterocycles. The monoisotopic (exact) mass is 737 g/mol. The molecule has 20 heteroatoms. The molecule has 0 radical (unpaired) electrons. The van der Waals surface area contributed by atoms with E-state index in [0.29, 0.717) is 23.4 Å². The third-order valence-electron chi connectivity index (χ3n) is 8.63. The number of likely N-dealkylation sites (tertiary alicyclic amines) is 1. The van der Waals surface area contributed by atoms with Crippen LogP contribution in [0, 0.1) is 23.3 Å². The first-order chi connectivity index (χ1) is 24.3. The first kappa shape index (κ1) is 36.3. The van der Waals surface area contributed by atoms with Crippen molar-refractivity contribution in [2.45, 2.75) is 54.1 Å². The van der Waals surface area contributed by atoms with Crippen molar-refractivity contribution in [3.05, 3.63) is 72.1 Å². The number of aliphatic hydroxyl groups excluding tert-OH is 3. The van der Waals surface area contributed by atoms with Crippen molar-refractivity contribution in [1.82, 2.24) is 34.9 Å². The van der Waals surface area contributed by atoms with Gasteiger partial charge in [0.15, 0.2) is 17.5 Å². The minimum absolute atomic E-state index is 0.0131. The average molecular weight is 738 g/mol. The average Bonchev–Trinajstić information content (AvgIpc) is 3.78. The maximum Gasteiger partial charge on any atom is 0.329 e. The van der Waals surface area contributed by atoms with E-state index in [-0.39, 0.29) is 30.3 Å². The highest BCUT2D eigenvalue weighted by Gasteiger charge is 2.50. The molecule has 272 valence electrons. The zero-order chi connectivity index (χ0) is 36.6. The lowest BCUT2D eigenvalue weighted by molar-refractivity contribution is -0.197. The van der Waals surface area contributed by atoms with Gasteiger partial charge >= 0.3 is 5.97 Å². The standard InChI is InChI=1S/C31H31F4N7O8S/c1-14(44)40-10-22(41-8-20(36-38-41)15-3-2-4-17(32)5-15)28(47)24(11-40)51-31-30(49-13-25(45)46)27(29(48)23(12-43)50-31)42-9-21(37-39-42)16-6-18(33)26(35)19(34)7-16/h2-9,22-24,27-31,43,47-48H,10-13H2,1H3,(H,45,46).